The predicted molar refractivity (Wildman–Crippen MR) is 88.1 cm³/mol. The predicted octanol–water partition coefficient (Wildman–Crippen LogP) is 3.47. The SMILES string of the molecule is CCN(C(=O)c1ccn(C(C)C(C)C)c1C)c1ccnnc1. The van der Waals surface area contributed by atoms with Crippen LogP contribution in [-0.4, -0.2) is 27.2 Å². The molecule has 2 aromatic rings. The first-order valence-electron chi connectivity index (χ1n) is 7.73. The molecule has 1 atom stereocenters. The molecular formula is C17H24N4O. The number of hydrogen-bond acceptors (Lipinski definition) is 3. The lowest BCUT2D eigenvalue weighted by atomic mass is 10.1. The van der Waals surface area contributed by atoms with Gasteiger partial charge < -0.3 is 9.47 Å². The molecule has 0 aliphatic heterocycles. The van der Waals surface area contributed by atoms with Gasteiger partial charge in [0.25, 0.3) is 5.91 Å². The fraction of sp³-hybridized carbons (Fsp3) is 0.471. The van der Waals surface area contributed by atoms with Crippen molar-refractivity contribution in [3.8, 4) is 0 Å². The van der Waals surface area contributed by atoms with E-state index in [1.807, 2.05) is 26.1 Å². The van der Waals surface area contributed by atoms with E-state index in [4.69, 9.17) is 0 Å². The third kappa shape index (κ3) is 3.03. The molecule has 1 amide bonds. The van der Waals surface area contributed by atoms with Crippen LogP contribution in [0, 0.1) is 12.8 Å². The third-order valence-electron chi connectivity index (χ3n) is 4.25. The highest BCUT2D eigenvalue weighted by Crippen LogP contribution is 2.24. The summed E-state index contributed by atoms with van der Waals surface area (Å²) >= 11 is 0. The van der Waals surface area contributed by atoms with Crippen LogP contribution in [0.25, 0.3) is 0 Å². The highest BCUT2D eigenvalue weighted by atomic mass is 16.2. The van der Waals surface area contributed by atoms with Crippen LogP contribution in [0.15, 0.2) is 30.7 Å². The Labute approximate surface area is 132 Å². The lowest BCUT2D eigenvalue weighted by Gasteiger charge is -2.22. The van der Waals surface area contributed by atoms with Crippen LogP contribution in [0.3, 0.4) is 0 Å². The summed E-state index contributed by atoms with van der Waals surface area (Å²) in [5.41, 5.74) is 2.52. The van der Waals surface area contributed by atoms with E-state index in [1.54, 1.807) is 23.4 Å². The van der Waals surface area contributed by atoms with Crippen LogP contribution in [0.4, 0.5) is 5.69 Å². The molecule has 0 bridgehead atoms. The zero-order valence-electron chi connectivity index (χ0n) is 13.9. The minimum atomic E-state index is 0.00251. The monoisotopic (exact) mass is 300 g/mol. The van der Waals surface area contributed by atoms with Crippen molar-refractivity contribution in [1.82, 2.24) is 14.8 Å². The number of hydrogen-bond donors (Lipinski definition) is 0. The van der Waals surface area contributed by atoms with Crippen LogP contribution in [-0.2, 0) is 0 Å². The van der Waals surface area contributed by atoms with Gasteiger partial charge in [-0.1, -0.05) is 13.8 Å². The highest BCUT2D eigenvalue weighted by molar-refractivity contribution is 6.06. The summed E-state index contributed by atoms with van der Waals surface area (Å²) in [4.78, 5) is 14.6. The van der Waals surface area contributed by atoms with Crippen LogP contribution in [0.5, 0.6) is 0 Å². The zero-order chi connectivity index (χ0) is 16.3. The van der Waals surface area contributed by atoms with E-state index in [0.29, 0.717) is 18.5 Å². The molecule has 0 spiro atoms. The maximum absolute atomic E-state index is 12.9. The normalized spacial score (nSPS) is 12.5. The minimum absolute atomic E-state index is 0.00251. The molecule has 0 radical (unpaired) electrons. The molecule has 2 heterocycles. The molecule has 2 rings (SSSR count). The van der Waals surface area contributed by atoms with Gasteiger partial charge in [-0.3, -0.25) is 4.79 Å². The van der Waals surface area contributed by atoms with Gasteiger partial charge in [0, 0.05) is 24.5 Å². The minimum Gasteiger partial charge on any atom is -0.348 e. The quantitative estimate of drug-likeness (QED) is 0.849. The van der Waals surface area contributed by atoms with Crippen molar-refractivity contribution >= 4 is 11.6 Å². The molecule has 22 heavy (non-hydrogen) atoms. The van der Waals surface area contributed by atoms with Gasteiger partial charge in [0.05, 0.1) is 23.6 Å². The fourth-order valence-electron chi connectivity index (χ4n) is 2.55. The molecule has 5 heteroatoms. The maximum Gasteiger partial charge on any atom is 0.260 e. The van der Waals surface area contributed by atoms with Gasteiger partial charge in [-0.05, 0) is 38.8 Å². The van der Waals surface area contributed by atoms with Crippen LogP contribution in [0.1, 0.15) is 49.8 Å². The Bertz CT molecular complexity index is 633. The number of nitrogens with zero attached hydrogens (tertiary/aromatic N) is 4. The Morgan fingerprint density at radius 3 is 2.55 bits per heavy atom. The summed E-state index contributed by atoms with van der Waals surface area (Å²) in [5, 5.41) is 7.63. The maximum atomic E-state index is 12.9. The van der Waals surface area contributed by atoms with Crippen molar-refractivity contribution in [2.75, 3.05) is 11.4 Å². The molecule has 0 saturated carbocycles. The Kier molecular flexibility index (Phi) is 4.96. The Morgan fingerprint density at radius 2 is 2.00 bits per heavy atom. The Morgan fingerprint density at radius 1 is 1.27 bits per heavy atom. The molecule has 2 aromatic heterocycles. The van der Waals surface area contributed by atoms with Crippen molar-refractivity contribution in [3.63, 3.8) is 0 Å². The Hall–Kier alpha value is -2.17. The average molecular weight is 300 g/mol. The molecule has 0 saturated heterocycles. The van der Waals surface area contributed by atoms with Crippen molar-refractivity contribution in [2.45, 2.75) is 40.7 Å². The highest BCUT2D eigenvalue weighted by Gasteiger charge is 2.22. The van der Waals surface area contributed by atoms with Crippen LogP contribution in [0.2, 0.25) is 0 Å². The van der Waals surface area contributed by atoms with E-state index < -0.39 is 0 Å². The number of rotatable bonds is 5. The zero-order valence-corrected chi connectivity index (χ0v) is 13.9. The second-order valence-electron chi connectivity index (χ2n) is 5.86. The number of carbonyl (C=O) groups is 1. The van der Waals surface area contributed by atoms with Crippen molar-refractivity contribution < 1.29 is 4.79 Å². The average Bonchev–Trinajstić information content (AvgIpc) is 2.89. The van der Waals surface area contributed by atoms with Gasteiger partial charge in [0.1, 0.15) is 0 Å². The fourth-order valence-corrected chi connectivity index (χ4v) is 2.55. The van der Waals surface area contributed by atoms with Crippen molar-refractivity contribution in [1.29, 1.82) is 0 Å². The second-order valence-corrected chi connectivity index (χ2v) is 5.86. The second kappa shape index (κ2) is 6.73. The topological polar surface area (TPSA) is 51.0 Å². The van der Waals surface area contributed by atoms with E-state index in [9.17, 15) is 4.79 Å². The summed E-state index contributed by atoms with van der Waals surface area (Å²) < 4.78 is 2.18. The van der Waals surface area contributed by atoms with Crippen LogP contribution >= 0.6 is 0 Å². The van der Waals surface area contributed by atoms with E-state index in [0.717, 1.165) is 16.9 Å². The van der Waals surface area contributed by atoms with Gasteiger partial charge in [-0.2, -0.15) is 10.2 Å². The van der Waals surface area contributed by atoms with Gasteiger partial charge in [0.2, 0.25) is 0 Å². The number of amides is 1. The number of aromatic nitrogens is 3. The molecular weight excluding hydrogens is 276 g/mol. The molecule has 0 fully saturated rings. The van der Waals surface area contributed by atoms with Gasteiger partial charge in [0.15, 0.2) is 0 Å². The van der Waals surface area contributed by atoms with E-state index in [1.165, 1.54) is 0 Å². The Balaban J connectivity index is 2.33. The lowest BCUT2D eigenvalue weighted by Crippen LogP contribution is -2.31. The largest absolute Gasteiger partial charge is 0.348 e. The molecule has 1 unspecified atom stereocenters. The molecule has 0 aliphatic rings. The summed E-state index contributed by atoms with van der Waals surface area (Å²) in [6.07, 6.45) is 5.22. The van der Waals surface area contributed by atoms with Gasteiger partial charge >= 0.3 is 0 Å². The molecule has 0 aliphatic carbocycles. The molecule has 5 nitrogen and oxygen atoms in total. The van der Waals surface area contributed by atoms with Crippen LogP contribution < -0.4 is 4.90 Å². The summed E-state index contributed by atoms with van der Waals surface area (Å²) in [5.74, 6) is 0.517. The standard InChI is InChI=1S/C17H24N4O/c1-6-20(15-7-9-18-19-11-15)17(22)16-8-10-21(14(16)5)13(4)12(2)3/h7-13H,6H2,1-5H3. The summed E-state index contributed by atoms with van der Waals surface area (Å²) in [6, 6.07) is 4.07. The summed E-state index contributed by atoms with van der Waals surface area (Å²) in [7, 11) is 0. The van der Waals surface area contributed by atoms with Crippen molar-refractivity contribution in [3.05, 3.63) is 42.0 Å². The first-order valence-corrected chi connectivity index (χ1v) is 7.73. The van der Waals surface area contributed by atoms with E-state index >= 15 is 0 Å². The first-order chi connectivity index (χ1) is 10.5. The smallest absolute Gasteiger partial charge is 0.260 e. The third-order valence-corrected chi connectivity index (χ3v) is 4.25. The van der Waals surface area contributed by atoms with Crippen molar-refractivity contribution in [2.24, 2.45) is 5.92 Å². The summed E-state index contributed by atoms with van der Waals surface area (Å²) in [6.45, 7) is 11.1. The molecule has 118 valence electrons. The first kappa shape index (κ1) is 16.2. The van der Waals surface area contributed by atoms with Gasteiger partial charge in [-0.25, -0.2) is 0 Å². The van der Waals surface area contributed by atoms with Gasteiger partial charge in [-0.15, -0.1) is 0 Å². The lowest BCUT2D eigenvalue weighted by molar-refractivity contribution is 0.0987. The molecule has 0 aromatic carbocycles. The number of anilines is 1. The van der Waals surface area contributed by atoms with E-state index in [-0.39, 0.29) is 5.91 Å². The van der Waals surface area contributed by atoms with E-state index in [2.05, 4.69) is 35.5 Å². The number of carbonyl (C=O) groups excluding carboxylic acids is 1. The molecule has 0 N–H and O–H groups in total.